The molecule has 0 saturated carbocycles. The minimum Gasteiger partial charge on any atom is -0.311 e. The number of hydrogen-bond donors (Lipinski definition) is 2. The molecular weight excluding hydrogens is 198 g/mol. The van der Waals surface area contributed by atoms with Crippen LogP contribution in [0.25, 0.3) is 0 Å². The van der Waals surface area contributed by atoms with E-state index < -0.39 is 0 Å². The summed E-state index contributed by atoms with van der Waals surface area (Å²) in [6, 6.07) is 0. The van der Waals surface area contributed by atoms with Crippen LogP contribution in [0.2, 0.25) is 0 Å². The number of thiocarbonyl (C=S) groups is 1. The molecule has 1 atom stereocenters. The first-order valence-corrected chi connectivity index (χ1v) is 5.28. The second kappa shape index (κ2) is 5.85. The van der Waals surface area contributed by atoms with Crippen molar-refractivity contribution in [1.29, 1.82) is 0 Å². The fraction of sp³-hybridized carbons (Fsp3) is 0.667. The van der Waals surface area contributed by atoms with Gasteiger partial charge in [0.25, 0.3) is 0 Å². The quantitative estimate of drug-likeness (QED) is 0.506. The van der Waals surface area contributed by atoms with E-state index in [0.29, 0.717) is 10.1 Å². The van der Waals surface area contributed by atoms with E-state index in [1.807, 2.05) is 13.8 Å². The van der Waals surface area contributed by atoms with Gasteiger partial charge >= 0.3 is 0 Å². The number of thiol groups is 1. The second-order valence-electron chi connectivity index (χ2n) is 1.57. The topological polar surface area (TPSA) is 29.1 Å². The largest absolute Gasteiger partial charge is 0.311 e. The first kappa shape index (κ1) is 11.3. The van der Waals surface area contributed by atoms with E-state index in [-0.39, 0.29) is 11.2 Å². The molecule has 0 aromatic rings. The summed E-state index contributed by atoms with van der Waals surface area (Å²) in [5.74, 6) is 0.538. The predicted octanol–water partition coefficient (Wildman–Crippen LogP) is 1.46. The summed E-state index contributed by atoms with van der Waals surface area (Å²) in [7, 11) is 0. The molecule has 1 aliphatic heterocycles. The van der Waals surface area contributed by atoms with E-state index >= 15 is 0 Å². The Kier molecular flexibility index (Phi) is 5.99. The highest BCUT2D eigenvalue weighted by molar-refractivity contribution is 8.24. The minimum atomic E-state index is -0.0687. The summed E-state index contributed by atoms with van der Waals surface area (Å²) in [6.45, 7) is 4.00. The zero-order chi connectivity index (χ0) is 8.85. The highest BCUT2D eigenvalue weighted by atomic mass is 32.2. The molecular formula is C6H11NOS3. The van der Waals surface area contributed by atoms with Crippen LogP contribution in [-0.4, -0.2) is 21.2 Å². The Labute approximate surface area is 81.9 Å². The Morgan fingerprint density at radius 1 is 1.73 bits per heavy atom. The summed E-state index contributed by atoms with van der Waals surface area (Å²) in [4.78, 5) is 10.7. The lowest BCUT2D eigenvalue weighted by atomic mass is 10.4. The van der Waals surface area contributed by atoms with Gasteiger partial charge < -0.3 is 5.32 Å². The Bertz CT molecular complexity index is 160. The van der Waals surface area contributed by atoms with Crippen molar-refractivity contribution in [2.24, 2.45) is 0 Å². The third kappa shape index (κ3) is 3.44. The fourth-order valence-corrected chi connectivity index (χ4v) is 2.01. The molecule has 0 bridgehead atoms. The van der Waals surface area contributed by atoms with Crippen LogP contribution < -0.4 is 5.32 Å². The molecule has 1 fully saturated rings. The standard InChI is InChI=1S/C4H5NOS3.C2H6/c6-3-2(1-7)9-4(8)5-3;1-2/h2,7H,1H2,(H,5,6,8);1-2H3. The van der Waals surface area contributed by atoms with Gasteiger partial charge in [-0.25, -0.2) is 0 Å². The molecule has 5 heteroatoms. The van der Waals surface area contributed by atoms with Gasteiger partial charge in [-0.05, 0) is 0 Å². The van der Waals surface area contributed by atoms with Crippen molar-refractivity contribution >= 4 is 46.8 Å². The Balaban J connectivity index is 0.000000461. The molecule has 0 radical (unpaired) electrons. The van der Waals surface area contributed by atoms with Gasteiger partial charge in [-0.15, -0.1) is 0 Å². The number of carbonyl (C=O) groups excluding carboxylic acids is 1. The fourth-order valence-electron chi connectivity index (χ4n) is 0.513. The third-order valence-corrected chi connectivity index (χ3v) is 2.92. The van der Waals surface area contributed by atoms with Gasteiger partial charge in [-0.1, -0.05) is 37.8 Å². The van der Waals surface area contributed by atoms with Crippen LogP contribution in [0.15, 0.2) is 0 Å². The van der Waals surface area contributed by atoms with Gasteiger partial charge in [0.05, 0.1) is 5.25 Å². The van der Waals surface area contributed by atoms with Gasteiger partial charge in [0.1, 0.15) is 4.32 Å². The lowest BCUT2D eigenvalue weighted by Gasteiger charge is -1.95. The monoisotopic (exact) mass is 209 g/mol. The number of carbonyl (C=O) groups is 1. The lowest BCUT2D eigenvalue weighted by Crippen LogP contribution is -2.24. The maximum absolute atomic E-state index is 10.7. The first-order chi connectivity index (χ1) is 5.24. The van der Waals surface area contributed by atoms with Crippen LogP contribution >= 0.6 is 36.6 Å². The molecule has 1 saturated heterocycles. The molecule has 0 spiro atoms. The van der Waals surface area contributed by atoms with Gasteiger partial charge in [0.2, 0.25) is 5.91 Å². The summed E-state index contributed by atoms with van der Waals surface area (Å²) >= 11 is 10.1. The number of hydrogen-bond acceptors (Lipinski definition) is 4. The van der Waals surface area contributed by atoms with E-state index in [9.17, 15) is 4.79 Å². The second-order valence-corrected chi connectivity index (χ2v) is 3.81. The van der Waals surface area contributed by atoms with Crippen LogP contribution in [-0.2, 0) is 4.79 Å². The Morgan fingerprint density at radius 3 is 2.45 bits per heavy atom. The van der Waals surface area contributed by atoms with Crippen molar-refractivity contribution in [3.8, 4) is 0 Å². The molecule has 2 nitrogen and oxygen atoms in total. The summed E-state index contributed by atoms with van der Waals surface area (Å²) in [5.41, 5.74) is 0. The van der Waals surface area contributed by atoms with Gasteiger partial charge in [-0.2, -0.15) is 12.6 Å². The molecule has 1 heterocycles. The number of nitrogens with one attached hydrogen (secondary N) is 1. The maximum Gasteiger partial charge on any atom is 0.239 e. The highest BCUT2D eigenvalue weighted by Gasteiger charge is 2.27. The van der Waals surface area contributed by atoms with Crippen LogP contribution in [0.1, 0.15) is 13.8 Å². The van der Waals surface area contributed by atoms with Crippen molar-refractivity contribution < 1.29 is 4.79 Å². The zero-order valence-corrected chi connectivity index (χ0v) is 8.98. The lowest BCUT2D eigenvalue weighted by molar-refractivity contribution is -0.118. The average molecular weight is 209 g/mol. The third-order valence-electron chi connectivity index (χ3n) is 0.933. The summed E-state index contributed by atoms with van der Waals surface area (Å²) < 4.78 is 0.569. The molecule has 1 amide bonds. The van der Waals surface area contributed by atoms with Gasteiger partial charge in [-0.3, -0.25) is 4.79 Å². The average Bonchev–Trinajstić information content (AvgIpc) is 2.33. The SMILES string of the molecule is CC.O=C1NC(=S)SC1CS. The number of amides is 1. The summed E-state index contributed by atoms with van der Waals surface area (Å²) in [5, 5.41) is 2.46. The van der Waals surface area contributed by atoms with E-state index in [2.05, 4.69) is 17.9 Å². The first-order valence-electron chi connectivity index (χ1n) is 3.36. The molecule has 0 aliphatic carbocycles. The van der Waals surface area contributed by atoms with E-state index in [1.165, 1.54) is 11.8 Å². The van der Waals surface area contributed by atoms with Crippen molar-refractivity contribution in [2.75, 3.05) is 5.75 Å². The van der Waals surface area contributed by atoms with E-state index in [0.717, 1.165) is 0 Å². The van der Waals surface area contributed by atoms with Crippen molar-refractivity contribution in [2.45, 2.75) is 19.1 Å². The molecule has 1 aliphatic rings. The van der Waals surface area contributed by atoms with Crippen LogP contribution in [0.3, 0.4) is 0 Å². The zero-order valence-electron chi connectivity index (χ0n) is 6.46. The number of thioether (sulfide) groups is 1. The van der Waals surface area contributed by atoms with Crippen molar-refractivity contribution in [3.05, 3.63) is 0 Å². The molecule has 1 N–H and O–H groups in total. The van der Waals surface area contributed by atoms with Crippen LogP contribution in [0.5, 0.6) is 0 Å². The molecule has 11 heavy (non-hydrogen) atoms. The molecule has 0 aromatic heterocycles. The van der Waals surface area contributed by atoms with E-state index in [4.69, 9.17) is 12.2 Å². The Hall–Kier alpha value is 0.260. The van der Waals surface area contributed by atoms with Crippen molar-refractivity contribution in [1.82, 2.24) is 5.32 Å². The Morgan fingerprint density at radius 2 is 2.27 bits per heavy atom. The van der Waals surface area contributed by atoms with Crippen LogP contribution in [0, 0.1) is 0 Å². The molecule has 1 unspecified atom stereocenters. The molecule has 1 rings (SSSR count). The molecule has 0 aromatic carbocycles. The van der Waals surface area contributed by atoms with Crippen molar-refractivity contribution in [3.63, 3.8) is 0 Å². The summed E-state index contributed by atoms with van der Waals surface area (Å²) in [6.07, 6.45) is 0. The van der Waals surface area contributed by atoms with Gasteiger partial charge in [0.15, 0.2) is 0 Å². The smallest absolute Gasteiger partial charge is 0.239 e. The highest BCUT2D eigenvalue weighted by Crippen LogP contribution is 2.19. The molecule has 64 valence electrons. The maximum atomic E-state index is 10.7. The van der Waals surface area contributed by atoms with E-state index in [1.54, 1.807) is 0 Å². The minimum absolute atomic E-state index is 0.0139. The van der Waals surface area contributed by atoms with Crippen LogP contribution in [0.4, 0.5) is 0 Å². The normalized spacial score (nSPS) is 22.3. The predicted molar refractivity (Wildman–Crippen MR) is 57.3 cm³/mol. The number of rotatable bonds is 1. The van der Waals surface area contributed by atoms with Gasteiger partial charge in [0, 0.05) is 5.75 Å².